The van der Waals surface area contributed by atoms with E-state index in [1.54, 1.807) is 24.9 Å². The average Bonchev–Trinajstić information content (AvgIpc) is 3.51. The van der Waals surface area contributed by atoms with Crippen LogP contribution >= 0.6 is 0 Å². The van der Waals surface area contributed by atoms with Crippen LogP contribution in [-0.2, 0) is 7.05 Å². The smallest absolute Gasteiger partial charge is 0.330 e. The highest BCUT2D eigenvalue weighted by molar-refractivity contribution is 5.74. The van der Waals surface area contributed by atoms with E-state index < -0.39 is 0 Å². The Morgan fingerprint density at radius 1 is 1.16 bits per heavy atom. The molecule has 1 saturated heterocycles. The molecule has 2 aromatic heterocycles. The zero-order valence-electron chi connectivity index (χ0n) is 18.9. The first-order valence-corrected chi connectivity index (χ1v) is 11.3. The Labute approximate surface area is 187 Å². The summed E-state index contributed by atoms with van der Waals surface area (Å²) >= 11 is 0. The third-order valence-corrected chi connectivity index (χ3v) is 6.59. The van der Waals surface area contributed by atoms with Gasteiger partial charge in [-0.3, -0.25) is 9.13 Å². The highest BCUT2D eigenvalue weighted by atomic mass is 16.5. The van der Waals surface area contributed by atoms with Gasteiger partial charge in [0.25, 0.3) is 0 Å². The maximum atomic E-state index is 12.8. The van der Waals surface area contributed by atoms with Gasteiger partial charge < -0.3 is 19.7 Å². The molecule has 32 heavy (non-hydrogen) atoms. The first-order chi connectivity index (χ1) is 15.5. The number of hydrogen-bond acceptors (Lipinski definition) is 7. The molecule has 1 atom stereocenters. The molecule has 1 aliphatic heterocycles. The highest BCUT2D eigenvalue weighted by Gasteiger charge is 2.24. The second kappa shape index (κ2) is 8.46. The maximum Gasteiger partial charge on any atom is 0.330 e. The van der Waals surface area contributed by atoms with Crippen molar-refractivity contribution in [3.05, 3.63) is 34.9 Å². The standard InChI is InChI=1S/C23H30N6O3/c1-27-11-10-17(14-27)32-16-8-9-18(20(12-16)31-3)25-22-24-13-19-21(26-22)29(23(30)28(19)2)15-6-4-5-7-15/h8-9,12-13,15,17H,4-7,10-11,14H2,1-3H3,(H,24,25,26). The first kappa shape index (κ1) is 20.8. The summed E-state index contributed by atoms with van der Waals surface area (Å²) in [5, 5.41) is 3.25. The van der Waals surface area contributed by atoms with Crippen LogP contribution in [0.5, 0.6) is 11.5 Å². The van der Waals surface area contributed by atoms with Crippen molar-refractivity contribution in [3.63, 3.8) is 0 Å². The second-order valence-electron chi connectivity index (χ2n) is 8.83. The van der Waals surface area contributed by atoms with Gasteiger partial charge in [0.15, 0.2) is 5.65 Å². The number of fused-ring (bicyclic) bond motifs is 1. The van der Waals surface area contributed by atoms with Crippen LogP contribution in [0.25, 0.3) is 11.2 Å². The predicted octanol–water partition coefficient (Wildman–Crippen LogP) is 3.08. The minimum Gasteiger partial charge on any atom is -0.494 e. The molecule has 1 N–H and O–H groups in total. The minimum atomic E-state index is -0.0324. The Balaban J connectivity index is 1.42. The van der Waals surface area contributed by atoms with E-state index in [4.69, 9.17) is 14.5 Å². The van der Waals surface area contributed by atoms with Gasteiger partial charge >= 0.3 is 5.69 Å². The lowest BCUT2D eigenvalue weighted by Gasteiger charge is -2.16. The predicted molar refractivity (Wildman–Crippen MR) is 123 cm³/mol. The van der Waals surface area contributed by atoms with E-state index in [1.807, 2.05) is 22.8 Å². The second-order valence-corrected chi connectivity index (χ2v) is 8.83. The zero-order valence-corrected chi connectivity index (χ0v) is 18.9. The third kappa shape index (κ3) is 3.81. The summed E-state index contributed by atoms with van der Waals surface area (Å²) in [6.07, 6.45) is 7.23. The van der Waals surface area contributed by atoms with Crippen molar-refractivity contribution in [2.45, 2.75) is 44.2 Å². The summed E-state index contributed by atoms with van der Waals surface area (Å²) in [4.78, 5) is 24.3. The Kier molecular flexibility index (Phi) is 5.50. The number of aromatic nitrogens is 4. The summed E-state index contributed by atoms with van der Waals surface area (Å²) in [5.41, 5.74) is 2.12. The number of likely N-dealkylation sites (tertiary alicyclic amines) is 1. The van der Waals surface area contributed by atoms with Gasteiger partial charge in [0.2, 0.25) is 5.95 Å². The monoisotopic (exact) mass is 438 g/mol. The van der Waals surface area contributed by atoms with Crippen molar-refractivity contribution in [3.8, 4) is 11.5 Å². The fourth-order valence-electron chi connectivity index (χ4n) is 4.84. The van der Waals surface area contributed by atoms with Gasteiger partial charge in [-0.15, -0.1) is 0 Å². The van der Waals surface area contributed by atoms with E-state index in [0.717, 1.165) is 62.1 Å². The largest absolute Gasteiger partial charge is 0.494 e. The molecule has 0 amide bonds. The van der Waals surface area contributed by atoms with Crippen molar-refractivity contribution < 1.29 is 9.47 Å². The topological polar surface area (TPSA) is 86.4 Å². The minimum absolute atomic E-state index is 0.0324. The van der Waals surface area contributed by atoms with Crippen molar-refractivity contribution in [1.29, 1.82) is 0 Å². The Morgan fingerprint density at radius 2 is 1.97 bits per heavy atom. The van der Waals surface area contributed by atoms with Gasteiger partial charge in [0, 0.05) is 32.2 Å². The van der Waals surface area contributed by atoms with Crippen LogP contribution in [0.4, 0.5) is 11.6 Å². The molecule has 0 radical (unpaired) electrons. The van der Waals surface area contributed by atoms with Crippen LogP contribution in [0.2, 0.25) is 0 Å². The SMILES string of the molecule is COc1cc(OC2CCN(C)C2)ccc1Nc1ncc2c(n1)n(C1CCCC1)c(=O)n2C. The summed E-state index contributed by atoms with van der Waals surface area (Å²) in [6, 6.07) is 5.93. The number of hydrogen-bond donors (Lipinski definition) is 1. The van der Waals surface area contributed by atoms with Crippen LogP contribution in [0, 0.1) is 0 Å². The Morgan fingerprint density at radius 3 is 2.69 bits per heavy atom. The molecular weight excluding hydrogens is 408 g/mol. The van der Waals surface area contributed by atoms with Gasteiger partial charge in [0.1, 0.15) is 23.1 Å². The van der Waals surface area contributed by atoms with Crippen LogP contribution in [-0.4, -0.2) is 57.4 Å². The van der Waals surface area contributed by atoms with E-state index in [0.29, 0.717) is 17.3 Å². The number of methoxy groups -OCH3 is 1. The molecule has 5 rings (SSSR count). The molecule has 3 aromatic rings. The van der Waals surface area contributed by atoms with E-state index in [9.17, 15) is 4.79 Å². The zero-order chi connectivity index (χ0) is 22.2. The van der Waals surface area contributed by atoms with Crippen molar-refractivity contribution in [1.82, 2.24) is 24.0 Å². The molecule has 1 saturated carbocycles. The molecule has 170 valence electrons. The summed E-state index contributed by atoms with van der Waals surface area (Å²) < 4.78 is 15.2. The molecule has 1 aliphatic carbocycles. The molecule has 3 heterocycles. The molecule has 2 fully saturated rings. The number of nitrogens with one attached hydrogen (secondary N) is 1. The average molecular weight is 439 g/mol. The maximum absolute atomic E-state index is 12.8. The fourth-order valence-corrected chi connectivity index (χ4v) is 4.84. The van der Waals surface area contributed by atoms with E-state index >= 15 is 0 Å². The molecule has 1 aromatic carbocycles. The number of anilines is 2. The highest BCUT2D eigenvalue weighted by Crippen LogP contribution is 2.33. The number of rotatable bonds is 6. The molecule has 9 heteroatoms. The first-order valence-electron chi connectivity index (χ1n) is 11.3. The van der Waals surface area contributed by atoms with Crippen molar-refractivity contribution in [2.75, 3.05) is 32.6 Å². The fraction of sp³-hybridized carbons (Fsp3) is 0.522. The number of imidazole rings is 1. The Hall–Kier alpha value is -3.07. The number of benzene rings is 1. The lowest BCUT2D eigenvalue weighted by molar-refractivity contribution is 0.207. The summed E-state index contributed by atoms with van der Waals surface area (Å²) in [7, 11) is 5.51. The van der Waals surface area contributed by atoms with Crippen LogP contribution in [0.3, 0.4) is 0 Å². The van der Waals surface area contributed by atoms with Gasteiger partial charge in [-0.2, -0.15) is 4.98 Å². The van der Waals surface area contributed by atoms with E-state index in [2.05, 4.69) is 22.2 Å². The quantitative estimate of drug-likeness (QED) is 0.633. The van der Waals surface area contributed by atoms with Gasteiger partial charge in [-0.05, 0) is 38.4 Å². The van der Waals surface area contributed by atoms with E-state index in [1.165, 1.54) is 0 Å². The van der Waals surface area contributed by atoms with Gasteiger partial charge in [-0.25, -0.2) is 9.78 Å². The lowest BCUT2D eigenvalue weighted by atomic mass is 10.2. The molecule has 0 bridgehead atoms. The lowest BCUT2D eigenvalue weighted by Crippen LogP contribution is -2.25. The van der Waals surface area contributed by atoms with Crippen molar-refractivity contribution >= 4 is 22.8 Å². The number of nitrogens with zero attached hydrogens (tertiary/aromatic N) is 5. The summed E-state index contributed by atoms with van der Waals surface area (Å²) in [6.45, 7) is 1.97. The molecule has 0 spiro atoms. The van der Waals surface area contributed by atoms with Crippen molar-refractivity contribution in [2.24, 2.45) is 7.05 Å². The summed E-state index contributed by atoms with van der Waals surface area (Å²) in [5.74, 6) is 1.86. The van der Waals surface area contributed by atoms with E-state index in [-0.39, 0.29) is 17.8 Å². The Bertz CT molecular complexity index is 1180. The third-order valence-electron chi connectivity index (χ3n) is 6.59. The molecular formula is C23H30N6O3. The normalized spacial score (nSPS) is 19.7. The number of likely N-dealkylation sites (N-methyl/N-ethyl adjacent to an activating group) is 1. The van der Waals surface area contributed by atoms with Crippen LogP contribution in [0.1, 0.15) is 38.1 Å². The van der Waals surface area contributed by atoms with Gasteiger partial charge in [-0.1, -0.05) is 12.8 Å². The van der Waals surface area contributed by atoms with Crippen LogP contribution < -0.4 is 20.5 Å². The van der Waals surface area contributed by atoms with Crippen LogP contribution in [0.15, 0.2) is 29.2 Å². The molecule has 9 nitrogen and oxygen atoms in total. The number of ether oxygens (including phenoxy) is 2. The molecule has 2 aliphatic rings. The van der Waals surface area contributed by atoms with Gasteiger partial charge in [0.05, 0.1) is 19.0 Å². The number of aryl methyl sites for hydroxylation is 1. The molecule has 1 unspecified atom stereocenters.